The fourth-order valence-electron chi connectivity index (χ4n) is 3.39. The predicted molar refractivity (Wildman–Crippen MR) is 93.1 cm³/mol. The normalized spacial score (nSPS) is 24.0. The van der Waals surface area contributed by atoms with Gasteiger partial charge in [-0.2, -0.15) is 0 Å². The molecule has 1 saturated heterocycles. The fraction of sp³-hybridized carbons (Fsp3) is 0.556. The maximum absolute atomic E-state index is 13.1. The Labute approximate surface area is 142 Å². The zero-order valence-electron chi connectivity index (χ0n) is 14.5. The molecule has 130 valence electrons. The second kappa shape index (κ2) is 6.53. The number of hydrogen-bond donors (Lipinski definition) is 1. The average molecular weight is 331 g/mol. The van der Waals surface area contributed by atoms with Crippen molar-refractivity contribution in [2.24, 2.45) is 0 Å². The first-order chi connectivity index (χ1) is 11.4. The van der Waals surface area contributed by atoms with E-state index in [-0.39, 0.29) is 23.4 Å². The summed E-state index contributed by atoms with van der Waals surface area (Å²) in [6.07, 6.45) is 0.299. The zero-order chi connectivity index (χ0) is 17.3. The summed E-state index contributed by atoms with van der Waals surface area (Å²) in [6, 6.07) is 7.31. The first kappa shape index (κ1) is 16.9. The summed E-state index contributed by atoms with van der Waals surface area (Å²) in [7, 11) is 0. The third-order valence-corrected chi connectivity index (χ3v) is 4.77. The number of anilines is 2. The van der Waals surface area contributed by atoms with Gasteiger partial charge in [-0.1, -0.05) is 12.1 Å². The molecule has 0 aliphatic carbocycles. The van der Waals surface area contributed by atoms with Crippen molar-refractivity contribution in [3.63, 3.8) is 0 Å². The van der Waals surface area contributed by atoms with Gasteiger partial charge in [0.05, 0.1) is 31.1 Å². The highest BCUT2D eigenvalue weighted by atomic mass is 16.5. The van der Waals surface area contributed by atoms with E-state index in [4.69, 9.17) is 4.74 Å². The Morgan fingerprint density at radius 2 is 2.12 bits per heavy atom. The maximum Gasteiger partial charge on any atom is 0.241 e. The van der Waals surface area contributed by atoms with Gasteiger partial charge in [-0.3, -0.25) is 14.5 Å². The number of ether oxygens (including phenoxy) is 1. The Morgan fingerprint density at radius 3 is 2.88 bits per heavy atom. The minimum Gasteiger partial charge on any atom is -0.378 e. The number of rotatable bonds is 2. The van der Waals surface area contributed by atoms with Crippen LogP contribution in [0.5, 0.6) is 0 Å². The van der Waals surface area contributed by atoms with E-state index in [1.165, 1.54) is 0 Å². The quantitative estimate of drug-likeness (QED) is 0.898. The molecule has 6 nitrogen and oxygen atoms in total. The van der Waals surface area contributed by atoms with Crippen LogP contribution in [0.2, 0.25) is 0 Å². The van der Waals surface area contributed by atoms with Crippen LogP contribution in [0, 0.1) is 0 Å². The maximum atomic E-state index is 13.1. The molecule has 6 heteroatoms. The van der Waals surface area contributed by atoms with E-state index >= 15 is 0 Å². The number of amides is 2. The van der Waals surface area contributed by atoms with Crippen LogP contribution in [0.25, 0.3) is 0 Å². The molecular formula is C18H25N3O3. The molecule has 0 bridgehead atoms. The molecule has 2 aliphatic rings. The number of nitrogens with zero attached hydrogens (tertiary/aromatic N) is 2. The SMILES string of the molecule is CC1CC(=O)Nc2ccccc2N1C(=O)CN1CCOCC1(C)C. The number of hydrogen-bond acceptors (Lipinski definition) is 4. The summed E-state index contributed by atoms with van der Waals surface area (Å²) in [5, 5.41) is 2.89. The van der Waals surface area contributed by atoms with Crippen LogP contribution in [0.3, 0.4) is 0 Å². The van der Waals surface area contributed by atoms with Gasteiger partial charge in [0.1, 0.15) is 0 Å². The number of para-hydroxylation sites is 2. The molecule has 0 aromatic heterocycles. The third-order valence-electron chi connectivity index (χ3n) is 4.77. The Hall–Kier alpha value is -1.92. The molecule has 1 N–H and O–H groups in total. The van der Waals surface area contributed by atoms with Gasteiger partial charge in [0.25, 0.3) is 0 Å². The highest BCUT2D eigenvalue weighted by Crippen LogP contribution is 2.31. The summed E-state index contributed by atoms with van der Waals surface area (Å²) >= 11 is 0. The molecule has 24 heavy (non-hydrogen) atoms. The largest absolute Gasteiger partial charge is 0.378 e. The molecule has 1 aromatic rings. The van der Waals surface area contributed by atoms with Crippen molar-refractivity contribution >= 4 is 23.2 Å². The van der Waals surface area contributed by atoms with E-state index in [1.54, 1.807) is 4.90 Å². The molecule has 0 saturated carbocycles. The number of carbonyl (C=O) groups excluding carboxylic acids is 2. The van der Waals surface area contributed by atoms with Crippen molar-refractivity contribution < 1.29 is 14.3 Å². The number of carbonyl (C=O) groups is 2. The highest BCUT2D eigenvalue weighted by molar-refractivity contribution is 6.04. The molecule has 1 fully saturated rings. The van der Waals surface area contributed by atoms with Crippen LogP contribution in [0.1, 0.15) is 27.2 Å². The second-order valence-corrected chi connectivity index (χ2v) is 7.17. The highest BCUT2D eigenvalue weighted by Gasteiger charge is 2.35. The first-order valence-corrected chi connectivity index (χ1v) is 8.42. The molecule has 2 aliphatic heterocycles. The van der Waals surface area contributed by atoms with Crippen LogP contribution in [0.15, 0.2) is 24.3 Å². The Morgan fingerprint density at radius 1 is 1.38 bits per heavy atom. The van der Waals surface area contributed by atoms with Gasteiger partial charge in [0.15, 0.2) is 0 Å². The van der Waals surface area contributed by atoms with Gasteiger partial charge < -0.3 is 15.0 Å². The lowest BCUT2D eigenvalue weighted by Gasteiger charge is -2.42. The Kier molecular flexibility index (Phi) is 4.60. The van der Waals surface area contributed by atoms with E-state index in [0.29, 0.717) is 31.9 Å². The van der Waals surface area contributed by atoms with E-state index in [9.17, 15) is 9.59 Å². The Bertz CT molecular complexity index is 644. The third kappa shape index (κ3) is 3.30. The molecule has 3 rings (SSSR count). The monoisotopic (exact) mass is 331 g/mol. The second-order valence-electron chi connectivity index (χ2n) is 7.17. The van der Waals surface area contributed by atoms with Crippen molar-refractivity contribution in [1.82, 2.24) is 4.90 Å². The van der Waals surface area contributed by atoms with Gasteiger partial charge in [0, 0.05) is 24.5 Å². The van der Waals surface area contributed by atoms with Gasteiger partial charge in [-0.15, -0.1) is 0 Å². The molecule has 1 aromatic carbocycles. The van der Waals surface area contributed by atoms with Gasteiger partial charge in [-0.05, 0) is 32.9 Å². The average Bonchev–Trinajstić information content (AvgIpc) is 2.63. The van der Waals surface area contributed by atoms with Crippen LogP contribution >= 0.6 is 0 Å². The van der Waals surface area contributed by atoms with Crippen LogP contribution in [-0.4, -0.2) is 54.6 Å². The minimum absolute atomic E-state index is 0.0152. The van der Waals surface area contributed by atoms with E-state index in [2.05, 4.69) is 24.1 Å². The fourth-order valence-corrected chi connectivity index (χ4v) is 3.39. The summed E-state index contributed by atoms with van der Waals surface area (Å²) in [5.74, 6) is -0.0432. The molecule has 0 radical (unpaired) electrons. The van der Waals surface area contributed by atoms with E-state index in [0.717, 1.165) is 12.2 Å². The Balaban J connectivity index is 1.86. The summed E-state index contributed by atoms with van der Waals surface area (Å²) in [5.41, 5.74) is 1.30. The molecule has 2 amide bonds. The molecular weight excluding hydrogens is 306 g/mol. The molecule has 1 atom stereocenters. The summed E-state index contributed by atoms with van der Waals surface area (Å²) < 4.78 is 5.53. The van der Waals surface area contributed by atoms with Crippen molar-refractivity contribution in [2.75, 3.05) is 36.5 Å². The van der Waals surface area contributed by atoms with Crippen molar-refractivity contribution in [2.45, 2.75) is 38.8 Å². The molecule has 1 unspecified atom stereocenters. The van der Waals surface area contributed by atoms with Gasteiger partial charge >= 0.3 is 0 Å². The smallest absolute Gasteiger partial charge is 0.241 e. The van der Waals surface area contributed by atoms with E-state index in [1.807, 2.05) is 31.2 Å². The number of fused-ring (bicyclic) bond motifs is 1. The van der Waals surface area contributed by atoms with Crippen LogP contribution in [-0.2, 0) is 14.3 Å². The lowest BCUT2D eigenvalue weighted by atomic mass is 10.0. The topological polar surface area (TPSA) is 61.9 Å². The molecule has 0 spiro atoms. The van der Waals surface area contributed by atoms with Gasteiger partial charge in [-0.25, -0.2) is 0 Å². The van der Waals surface area contributed by atoms with Crippen LogP contribution < -0.4 is 10.2 Å². The minimum atomic E-state index is -0.176. The van der Waals surface area contributed by atoms with Crippen molar-refractivity contribution in [1.29, 1.82) is 0 Å². The standard InChI is InChI=1S/C18H25N3O3/c1-13-10-16(22)19-14-6-4-5-7-15(14)21(13)17(23)11-20-8-9-24-12-18(20,2)3/h4-7,13H,8-12H2,1-3H3,(H,19,22). The number of benzene rings is 1. The summed E-state index contributed by atoms with van der Waals surface area (Å²) in [4.78, 5) is 29.1. The zero-order valence-corrected chi connectivity index (χ0v) is 14.5. The first-order valence-electron chi connectivity index (χ1n) is 8.42. The van der Waals surface area contributed by atoms with Crippen molar-refractivity contribution in [3.8, 4) is 0 Å². The molecule has 2 heterocycles. The van der Waals surface area contributed by atoms with Crippen molar-refractivity contribution in [3.05, 3.63) is 24.3 Å². The number of morpholine rings is 1. The van der Waals surface area contributed by atoms with E-state index < -0.39 is 0 Å². The van der Waals surface area contributed by atoms with Crippen LogP contribution in [0.4, 0.5) is 11.4 Å². The lowest BCUT2D eigenvalue weighted by molar-refractivity contribution is -0.125. The summed E-state index contributed by atoms with van der Waals surface area (Å²) in [6.45, 7) is 8.41. The lowest BCUT2D eigenvalue weighted by Crippen LogP contribution is -2.57. The number of nitrogens with one attached hydrogen (secondary N) is 1. The van der Waals surface area contributed by atoms with Gasteiger partial charge in [0.2, 0.25) is 11.8 Å². The predicted octanol–water partition coefficient (Wildman–Crippen LogP) is 1.86.